The summed E-state index contributed by atoms with van der Waals surface area (Å²) in [6.45, 7) is 30.5. The first-order valence-corrected chi connectivity index (χ1v) is 19.0. The molecule has 0 saturated heterocycles. The van der Waals surface area contributed by atoms with Gasteiger partial charge in [-0.2, -0.15) is 13.1 Å². The van der Waals surface area contributed by atoms with Gasteiger partial charge < -0.3 is 29.9 Å². The molecule has 1 rings (SSSR count). The van der Waals surface area contributed by atoms with Gasteiger partial charge in [0.05, 0.1) is 11.9 Å². The molecule has 0 spiro atoms. The van der Waals surface area contributed by atoms with E-state index in [1.54, 1.807) is 50.1 Å². The first-order chi connectivity index (χ1) is 22.4. The van der Waals surface area contributed by atoms with Crippen molar-refractivity contribution in [2.75, 3.05) is 40.8 Å². The Labute approximate surface area is 319 Å². The molecule has 1 aromatic heterocycles. The van der Waals surface area contributed by atoms with E-state index in [0.717, 1.165) is 25.9 Å². The minimum Gasteiger partial charge on any atom is -0.335 e. The Morgan fingerprint density at radius 3 is 1.48 bits per heavy atom. The monoisotopic (exact) mass is 764 g/mol. The van der Waals surface area contributed by atoms with Crippen LogP contribution in [0, 0.1) is 17.8 Å². The van der Waals surface area contributed by atoms with Crippen LogP contribution in [0.5, 0.6) is 0 Å². The summed E-state index contributed by atoms with van der Waals surface area (Å²) in [7, 11) is 1.42. The second-order valence-corrected chi connectivity index (χ2v) is 18.4. The number of nitrogens with zero attached hydrogens (tertiary/aromatic N) is 5. The molecule has 0 aliphatic rings. The van der Waals surface area contributed by atoms with Crippen LogP contribution in [-0.2, 0) is 16.8 Å². The van der Waals surface area contributed by atoms with E-state index in [1.165, 1.54) is 4.90 Å². The number of aromatic nitrogens is 2. The third-order valence-electron chi connectivity index (χ3n) is 6.49. The Morgan fingerprint density at radius 1 is 0.692 bits per heavy atom. The number of amides is 6. The first-order valence-electron chi connectivity index (χ1n) is 17.5. The number of nitrogens with one attached hydrogen (secondary N) is 4. The van der Waals surface area contributed by atoms with Crippen LogP contribution >= 0.6 is 0 Å². The second-order valence-electron chi connectivity index (χ2n) is 17.0. The molecule has 0 atom stereocenters. The lowest BCUT2D eigenvalue weighted by Gasteiger charge is -2.29. The van der Waals surface area contributed by atoms with Crippen molar-refractivity contribution in [3.8, 4) is 0 Å². The molecule has 52 heavy (non-hydrogen) atoms. The molecule has 1 heterocycles. The summed E-state index contributed by atoms with van der Waals surface area (Å²) in [6, 6.07) is -0.639. The zero-order chi connectivity index (χ0) is 39.7. The maximum absolute atomic E-state index is 12.1. The highest BCUT2D eigenvalue weighted by molar-refractivity contribution is 7.88. The molecule has 0 aliphatic carbocycles. The van der Waals surface area contributed by atoms with Crippen LogP contribution < -0.4 is 20.1 Å². The number of imidazole rings is 1. The maximum atomic E-state index is 12.1. The Balaban J connectivity index is -0.000000330. The molecule has 0 bridgehead atoms. The minimum atomic E-state index is -3.81. The van der Waals surface area contributed by atoms with Crippen molar-refractivity contribution in [2.24, 2.45) is 17.8 Å². The highest BCUT2D eigenvalue weighted by Crippen LogP contribution is 2.09. The van der Waals surface area contributed by atoms with Crippen LogP contribution in [0.3, 0.4) is 0 Å². The summed E-state index contributed by atoms with van der Waals surface area (Å²) in [6.07, 6.45) is 7.47. The number of hydrogen-bond acceptors (Lipinski definition) is 6. The van der Waals surface area contributed by atoms with Crippen LogP contribution in [0.25, 0.3) is 0 Å². The summed E-state index contributed by atoms with van der Waals surface area (Å²) in [5, 5.41) is 5.99. The molecular weight excluding hydrogens is 683 g/mol. The van der Waals surface area contributed by atoms with Crippen LogP contribution in [-0.4, -0.2) is 108 Å². The van der Waals surface area contributed by atoms with E-state index in [9.17, 15) is 22.8 Å². The van der Waals surface area contributed by atoms with Crippen molar-refractivity contribution in [3.63, 3.8) is 0 Å². The Bertz CT molecular complexity index is 1220. The van der Waals surface area contributed by atoms with E-state index in [0.29, 0.717) is 24.9 Å². The molecule has 15 heteroatoms. The smallest absolute Gasteiger partial charge is 0.331 e. The zero-order valence-electron chi connectivity index (χ0n) is 34.4. The third kappa shape index (κ3) is 31.6. The number of carbonyl (C=O) groups is 3. The third-order valence-corrected chi connectivity index (χ3v) is 7.81. The molecule has 0 fully saturated rings. The average Bonchev–Trinajstić information content (AvgIpc) is 3.39. The standard InChI is InChI=1S/C14H26N4O.C11H24N2O.C10H23N3O3S.2CH4/c1-12(2)6-8-17(5)13(19)16-14(3,4)10-18-9-7-15-11-18;1-9(2)7-8-13(6)10(14)12-11(3,4)5;1-8(2)7-13(6)9(14)11-17(15,16)12-10(3,4)5;;/h7,9,11-12H,6,8,10H2,1-5H3,(H,16,19);9H,7-8H2,1-6H3,(H,12,14);8,12H,7H2,1-6H3,(H,11,14);2*1H4. The largest absolute Gasteiger partial charge is 0.335 e. The van der Waals surface area contributed by atoms with E-state index in [2.05, 4.69) is 48.0 Å². The van der Waals surface area contributed by atoms with Gasteiger partial charge in [0.25, 0.3) is 0 Å². The van der Waals surface area contributed by atoms with Gasteiger partial charge in [-0.05, 0) is 86.0 Å². The van der Waals surface area contributed by atoms with E-state index in [-0.39, 0.29) is 43.9 Å². The molecule has 1 aromatic rings. The van der Waals surface area contributed by atoms with Crippen molar-refractivity contribution in [2.45, 2.75) is 148 Å². The van der Waals surface area contributed by atoms with Crippen LogP contribution in [0.1, 0.15) is 125 Å². The minimum absolute atomic E-state index is 0. The normalized spacial score (nSPS) is 11.5. The lowest BCUT2D eigenvalue weighted by Crippen LogP contribution is -2.51. The van der Waals surface area contributed by atoms with Gasteiger partial charge >= 0.3 is 28.3 Å². The Morgan fingerprint density at radius 2 is 1.13 bits per heavy atom. The fourth-order valence-electron chi connectivity index (χ4n) is 4.04. The summed E-state index contributed by atoms with van der Waals surface area (Å²) in [4.78, 5) is 44.1. The van der Waals surface area contributed by atoms with Gasteiger partial charge in [0.1, 0.15) is 0 Å². The van der Waals surface area contributed by atoms with Crippen molar-refractivity contribution in [1.29, 1.82) is 0 Å². The molecule has 4 N–H and O–H groups in total. The first kappa shape index (κ1) is 55.7. The molecule has 310 valence electrons. The van der Waals surface area contributed by atoms with Crippen LogP contribution in [0.15, 0.2) is 18.7 Å². The van der Waals surface area contributed by atoms with Gasteiger partial charge in [-0.3, -0.25) is 0 Å². The van der Waals surface area contributed by atoms with Gasteiger partial charge in [-0.15, -0.1) is 0 Å². The second kappa shape index (κ2) is 25.0. The molecule has 0 aliphatic heterocycles. The van der Waals surface area contributed by atoms with Crippen molar-refractivity contribution >= 4 is 28.3 Å². The summed E-state index contributed by atoms with van der Waals surface area (Å²) in [5.41, 5.74) is -1.07. The van der Waals surface area contributed by atoms with Gasteiger partial charge in [0.15, 0.2) is 0 Å². The zero-order valence-corrected chi connectivity index (χ0v) is 35.2. The van der Waals surface area contributed by atoms with E-state index < -0.39 is 21.8 Å². The van der Waals surface area contributed by atoms with E-state index in [1.807, 2.05) is 78.0 Å². The summed E-state index contributed by atoms with van der Waals surface area (Å²) < 4.78 is 29.4. The predicted octanol–water partition coefficient (Wildman–Crippen LogP) is 7.01. The van der Waals surface area contributed by atoms with Gasteiger partial charge in [0, 0.05) is 70.8 Å². The number of rotatable bonds is 13. The SMILES string of the molecule is C.C.CC(C)CCN(C)C(=O)NC(C)(C)C.CC(C)CCN(C)C(=O)NC(C)(C)Cn1ccnc1.CC(C)CN(C)C(=O)NS(=O)(=O)NC(C)(C)C. The summed E-state index contributed by atoms with van der Waals surface area (Å²) >= 11 is 0. The van der Waals surface area contributed by atoms with E-state index >= 15 is 0 Å². The molecule has 0 unspecified atom stereocenters. The van der Waals surface area contributed by atoms with Gasteiger partial charge in [-0.1, -0.05) is 56.4 Å². The van der Waals surface area contributed by atoms with Crippen molar-refractivity contribution in [3.05, 3.63) is 18.7 Å². The molecule has 0 saturated carbocycles. The lowest BCUT2D eigenvalue weighted by atomic mass is 10.1. The Kier molecular flexibility index (Phi) is 26.8. The highest BCUT2D eigenvalue weighted by atomic mass is 32.2. The van der Waals surface area contributed by atoms with Gasteiger partial charge in [0.2, 0.25) is 0 Å². The molecule has 14 nitrogen and oxygen atoms in total. The fourth-order valence-corrected chi connectivity index (χ4v) is 5.28. The molecule has 6 amide bonds. The number of carbonyl (C=O) groups excluding carboxylic acids is 3. The number of urea groups is 3. The topological polar surface area (TPSA) is 161 Å². The lowest BCUT2D eigenvalue weighted by molar-refractivity contribution is 0.191. The van der Waals surface area contributed by atoms with Crippen molar-refractivity contribution in [1.82, 2.24) is 44.3 Å². The fraction of sp³-hybridized carbons (Fsp3) is 0.838. The average molecular weight is 764 g/mol. The van der Waals surface area contributed by atoms with Crippen molar-refractivity contribution < 1.29 is 22.8 Å². The van der Waals surface area contributed by atoms with Crippen LogP contribution in [0.2, 0.25) is 0 Å². The molecule has 0 radical (unpaired) electrons. The number of hydrogen-bond donors (Lipinski definition) is 4. The highest BCUT2D eigenvalue weighted by Gasteiger charge is 2.24. The molecular formula is C37H81N9O5S. The van der Waals surface area contributed by atoms with Crippen LogP contribution in [0.4, 0.5) is 14.4 Å². The predicted molar refractivity (Wildman–Crippen MR) is 219 cm³/mol. The van der Waals surface area contributed by atoms with Gasteiger partial charge in [-0.25, -0.2) is 24.1 Å². The quantitative estimate of drug-likeness (QED) is 0.169. The molecule has 0 aromatic carbocycles. The maximum Gasteiger partial charge on any atom is 0.331 e. The van der Waals surface area contributed by atoms with E-state index in [4.69, 9.17) is 0 Å². The summed E-state index contributed by atoms with van der Waals surface area (Å²) in [5.74, 6) is 1.53. The Hall–Kier alpha value is -3.07.